The van der Waals surface area contributed by atoms with Crippen LogP contribution in [0.3, 0.4) is 0 Å². The van der Waals surface area contributed by atoms with Gasteiger partial charge < -0.3 is 14.7 Å². The second-order valence-corrected chi connectivity index (χ2v) is 8.41. The van der Waals surface area contributed by atoms with Crippen molar-refractivity contribution in [3.63, 3.8) is 0 Å². The van der Waals surface area contributed by atoms with Crippen molar-refractivity contribution in [2.75, 3.05) is 49.1 Å². The molecule has 2 aromatic rings. The third-order valence-corrected chi connectivity index (χ3v) is 6.41. The Hall–Kier alpha value is -2.63. The van der Waals surface area contributed by atoms with Gasteiger partial charge in [0.25, 0.3) is 5.91 Å². The Morgan fingerprint density at radius 1 is 0.966 bits per heavy atom. The average molecular weight is 394 g/mol. The van der Waals surface area contributed by atoms with Crippen LogP contribution in [0.4, 0.5) is 11.6 Å². The van der Waals surface area contributed by atoms with Crippen LogP contribution in [-0.2, 0) is 0 Å². The Morgan fingerprint density at radius 2 is 1.69 bits per heavy atom. The number of piperidine rings is 1. The zero-order valence-electron chi connectivity index (χ0n) is 17.8. The highest BCUT2D eigenvalue weighted by atomic mass is 16.2. The molecule has 6 heteroatoms. The van der Waals surface area contributed by atoms with Crippen molar-refractivity contribution in [2.24, 2.45) is 5.92 Å². The van der Waals surface area contributed by atoms with E-state index in [1.165, 1.54) is 16.8 Å². The lowest BCUT2D eigenvalue weighted by atomic mass is 10.00. The van der Waals surface area contributed by atoms with Gasteiger partial charge in [-0.25, -0.2) is 9.97 Å². The number of piperazine rings is 1. The fourth-order valence-electron chi connectivity index (χ4n) is 4.22. The number of aryl methyl sites for hydroxylation is 1. The zero-order valence-corrected chi connectivity index (χ0v) is 17.8. The quantitative estimate of drug-likeness (QED) is 0.801. The first-order chi connectivity index (χ1) is 14.0. The largest absolute Gasteiger partial charge is 0.368 e. The van der Waals surface area contributed by atoms with Crippen molar-refractivity contribution in [2.45, 2.75) is 33.6 Å². The number of carbonyl (C=O) groups excluding carboxylic acids is 1. The van der Waals surface area contributed by atoms with E-state index in [0.29, 0.717) is 24.7 Å². The van der Waals surface area contributed by atoms with Crippen LogP contribution < -0.4 is 9.80 Å². The zero-order chi connectivity index (χ0) is 20.4. The van der Waals surface area contributed by atoms with Crippen LogP contribution in [0.15, 0.2) is 30.5 Å². The highest BCUT2D eigenvalue weighted by molar-refractivity contribution is 5.92. The first-order valence-corrected chi connectivity index (χ1v) is 10.7. The van der Waals surface area contributed by atoms with Gasteiger partial charge >= 0.3 is 0 Å². The van der Waals surface area contributed by atoms with Crippen molar-refractivity contribution < 1.29 is 4.79 Å². The Morgan fingerprint density at radius 3 is 2.41 bits per heavy atom. The molecular formula is C23H31N5O. The second kappa shape index (κ2) is 8.39. The molecule has 1 aromatic carbocycles. The third kappa shape index (κ3) is 4.21. The number of rotatable bonds is 3. The van der Waals surface area contributed by atoms with Crippen molar-refractivity contribution in [3.05, 3.63) is 47.3 Å². The van der Waals surface area contributed by atoms with Gasteiger partial charge in [0.1, 0.15) is 5.69 Å². The summed E-state index contributed by atoms with van der Waals surface area (Å²) in [4.78, 5) is 28.6. The van der Waals surface area contributed by atoms with Crippen molar-refractivity contribution in [3.8, 4) is 0 Å². The maximum atomic E-state index is 13.0. The van der Waals surface area contributed by atoms with Gasteiger partial charge in [-0.1, -0.05) is 19.1 Å². The Kier molecular flexibility index (Phi) is 5.69. The molecule has 2 aliphatic rings. The summed E-state index contributed by atoms with van der Waals surface area (Å²) in [5, 5.41) is 0. The molecule has 2 aliphatic heterocycles. The number of nitrogens with zero attached hydrogens (tertiary/aromatic N) is 5. The van der Waals surface area contributed by atoms with Gasteiger partial charge in [-0.15, -0.1) is 0 Å². The predicted molar refractivity (Wildman–Crippen MR) is 117 cm³/mol. The molecule has 1 aromatic heterocycles. The van der Waals surface area contributed by atoms with Crippen molar-refractivity contribution >= 4 is 17.5 Å². The van der Waals surface area contributed by atoms with Gasteiger partial charge in [-0.05, 0) is 55.9 Å². The van der Waals surface area contributed by atoms with Crippen molar-refractivity contribution in [1.82, 2.24) is 14.9 Å². The summed E-state index contributed by atoms with van der Waals surface area (Å²) in [6.07, 6.45) is 4.03. The lowest BCUT2D eigenvalue weighted by Crippen LogP contribution is -2.49. The summed E-state index contributed by atoms with van der Waals surface area (Å²) >= 11 is 0. The van der Waals surface area contributed by atoms with E-state index in [4.69, 9.17) is 0 Å². The monoisotopic (exact) mass is 393 g/mol. The average Bonchev–Trinajstić information content (AvgIpc) is 2.76. The van der Waals surface area contributed by atoms with Gasteiger partial charge in [-0.2, -0.15) is 0 Å². The molecule has 29 heavy (non-hydrogen) atoms. The molecule has 0 spiro atoms. The number of anilines is 2. The minimum Gasteiger partial charge on any atom is -0.368 e. The molecule has 6 nitrogen and oxygen atoms in total. The van der Waals surface area contributed by atoms with E-state index in [0.717, 1.165) is 44.9 Å². The summed E-state index contributed by atoms with van der Waals surface area (Å²) in [7, 11) is 0. The number of aromatic nitrogens is 2. The first-order valence-electron chi connectivity index (χ1n) is 10.7. The minimum atomic E-state index is 0.0136. The number of hydrogen-bond donors (Lipinski definition) is 0. The summed E-state index contributed by atoms with van der Waals surface area (Å²) in [5.41, 5.74) is 4.42. The van der Waals surface area contributed by atoms with E-state index in [1.807, 2.05) is 4.90 Å². The molecule has 0 N–H and O–H groups in total. The van der Waals surface area contributed by atoms with E-state index in [-0.39, 0.29) is 5.91 Å². The fraction of sp³-hybridized carbons (Fsp3) is 0.522. The molecule has 0 atom stereocenters. The van der Waals surface area contributed by atoms with Gasteiger partial charge in [0.05, 0.1) is 0 Å². The normalized spacial score (nSPS) is 18.2. The number of hydrogen-bond acceptors (Lipinski definition) is 5. The van der Waals surface area contributed by atoms with E-state index < -0.39 is 0 Å². The molecule has 0 bridgehead atoms. The molecule has 0 aliphatic carbocycles. The van der Waals surface area contributed by atoms with E-state index >= 15 is 0 Å². The molecule has 154 valence electrons. The van der Waals surface area contributed by atoms with Crippen LogP contribution in [0.5, 0.6) is 0 Å². The molecule has 3 heterocycles. The summed E-state index contributed by atoms with van der Waals surface area (Å²) in [6.45, 7) is 11.7. The summed E-state index contributed by atoms with van der Waals surface area (Å²) in [5.74, 6) is 1.46. The maximum absolute atomic E-state index is 13.0. The van der Waals surface area contributed by atoms with Crippen LogP contribution in [0.2, 0.25) is 0 Å². The van der Waals surface area contributed by atoms with Crippen LogP contribution in [0.25, 0.3) is 0 Å². The van der Waals surface area contributed by atoms with Crippen LogP contribution in [0.1, 0.15) is 41.4 Å². The van der Waals surface area contributed by atoms with E-state index in [9.17, 15) is 4.79 Å². The summed E-state index contributed by atoms with van der Waals surface area (Å²) < 4.78 is 0. The lowest BCUT2D eigenvalue weighted by molar-refractivity contribution is 0.0740. The first kappa shape index (κ1) is 19.7. The minimum absolute atomic E-state index is 0.0136. The lowest BCUT2D eigenvalue weighted by Gasteiger charge is -2.37. The van der Waals surface area contributed by atoms with Gasteiger partial charge in [0.2, 0.25) is 5.95 Å². The summed E-state index contributed by atoms with van der Waals surface area (Å²) in [6, 6.07) is 8.18. The molecule has 2 fully saturated rings. The second-order valence-electron chi connectivity index (χ2n) is 8.41. The Labute approximate surface area is 173 Å². The highest BCUT2D eigenvalue weighted by Crippen LogP contribution is 2.24. The van der Waals surface area contributed by atoms with Crippen LogP contribution in [0, 0.1) is 19.8 Å². The molecule has 1 amide bonds. The smallest absolute Gasteiger partial charge is 0.272 e. The van der Waals surface area contributed by atoms with Gasteiger partial charge in [0, 0.05) is 51.2 Å². The number of carbonyl (C=O) groups is 1. The highest BCUT2D eigenvalue weighted by Gasteiger charge is 2.25. The Bertz CT molecular complexity index is 867. The predicted octanol–water partition coefficient (Wildman–Crippen LogP) is 3.29. The maximum Gasteiger partial charge on any atom is 0.272 e. The molecule has 0 unspecified atom stereocenters. The van der Waals surface area contributed by atoms with Gasteiger partial charge in [-0.3, -0.25) is 4.79 Å². The van der Waals surface area contributed by atoms with E-state index in [2.05, 4.69) is 58.7 Å². The number of benzene rings is 1. The SMILES string of the molecule is Cc1cccc(N2CCN(C(=O)c3ccnc(N4CCC(C)CC4)n3)CC2)c1C. The fourth-order valence-corrected chi connectivity index (χ4v) is 4.22. The van der Waals surface area contributed by atoms with E-state index in [1.54, 1.807) is 12.3 Å². The molecular weight excluding hydrogens is 362 g/mol. The standard InChI is InChI=1S/C23H31N5O/c1-17-8-11-28(12-9-17)23-24-10-7-20(25-23)22(29)27-15-13-26(14-16-27)21-6-4-5-18(2)19(21)3/h4-7,10,17H,8-9,11-16H2,1-3H3. The topological polar surface area (TPSA) is 52.6 Å². The molecule has 4 rings (SSSR count). The molecule has 0 radical (unpaired) electrons. The van der Waals surface area contributed by atoms with Crippen molar-refractivity contribution in [1.29, 1.82) is 0 Å². The van der Waals surface area contributed by atoms with Crippen LogP contribution in [-0.4, -0.2) is 60.0 Å². The molecule has 2 saturated heterocycles. The van der Waals surface area contributed by atoms with Crippen LogP contribution >= 0.6 is 0 Å². The third-order valence-electron chi connectivity index (χ3n) is 6.41. The van der Waals surface area contributed by atoms with Gasteiger partial charge in [0.15, 0.2) is 0 Å². The molecule has 0 saturated carbocycles. The Balaban J connectivity index is 1.41. The number of amides is 1.